The second-order valence-corrected chi connectivity index (χ2v) is 9.45. The lowest BCUT2D eigenvalue weighted by Crippen LogP contribution is -3.00. The van der Waals surface area contributed by atoms with E-state index in [0.29, 0.717) is 0 Å². The van der Waals surface area contributed by atoms with Gasteiger partial charge in [0.05, 0.1) is 16.8 Å². The lowest BCUT2D eigenvalue weighted by molar-refractivity contribution is -0.672. The van der Waals surface area contributed by atoms with Crippen LogP contribution in [0.4, 0.5) is 5.69 Å². The molecule has 0 unspecified atom stereocenters. The van der Waals surface area contributed by atoms with Crippen LogP contribution in [0.15, 0.2) is 108 Å². The minimum absolute atomic E-state index is 0. The molecule has 0 saturated carbocycles. The fourth-order valence-electron chi connectivity index (χ4n) is 3.88. The van der Waals surface area contributed by atoms with Crippen molar-refractivity contribution in [3.05, 3.63) is 108 Å². The van der Waals surface area contributed by atoms with E-state index in [1.807, 2.05) is 29.2 Å². The van der Waals surface area contributed by atoms with Gasteiger partial charge < -0.3 is 21.9 Å². The molecule has 0 atom stereocenters. The van der Waals surface area contributed by atoms with Crippen molar-refractivity contribution < 1.29 is 21.5 Å². The van der Waals surface area contributed by atoms with E-state index in [1.165, 1.54) is 42.3 Å². The zero-order valence-corrected chi connectivity index (χ0v) is 21.0. The van der Waals surface area contributed by atoms with E-state index >= 15 is 0 Å². The lowest BCUT2D eigenvalue weighted by atomic mass is 10.1. The Hall–Kier alpha value is -2.60. The Bertz CT molecular complexity index is 1260. The summed E-state index contributed by atoms with van der Waals surface area (Å²) in [5.41, 5.74) is 4.97. The third kappa shape index (κ3) is 4.20. The van der Waals surface area contributed by atoms with Crippen molar-refractivity contribution in [2.24, 2.45) is 0 Å². The molecule has 160 valence electrons. The van der Waals surface area contributed by atoms with Gasteiger partial charge in [0.25, 0.3) is 5.01 Å². The number of anilines is 1. The summed E-state index contributed by atoms with van der Waals surface area (Å²) in [5.74, 6) is 0. The highest BCUT2D eigenvalue weighted by Crippen LogP contribution is 2.46. The number of benzene rings is 3. The van der Waals surface area contributed by atoms with Crippen LogP contribution in [0.1, 0.15) is 5.01 Å². The van der Waals surface area contributed by atoms with Crippen LogP contribution in [-0.4, -0.2) is 7.05 Å². The summed E-state index contributed by atoms with van der Waals surface area (Å²) < 4.78 is 2.39. The molecule has 2 nitrogen and oxygen atoms in total. The van der Waals surface area contributed by atoms with Crippen molar-refractivity contribution in [1.29, 1.82) is 0 Å². The molecule has 3 aromatic carbocycles. The standard InChI is InChI=1S/C27H23N2S2.BrH/c1-3-18-29-25(19-24-28(2)22-16-10-11-17-23(22)30-24)31-27(21-14-8-5-9-15-21)26(29)20-12-6-4-7-13-20;/h3-17,19H,1,18H2,2H3;1H/q+1;/p-1. The van der Waals surface area contributed by atoms with Crippen molar-refractivity contribution in [3.63, 3.8) is 0 Å². The average Bonchev–Trinajstić information content (AvgIpc) is 3.33. The number of aromatic nitrogens is 1. The van der Waals surface area contributed by atoms with E-state index in [9.17, 15) is 0 Å². The van der Waals surface area contributed by atoms with Gasteiger partial charge in [-0.1, -0.05) is 90.3 Å². The second kappa shape index (κ2) is 9.90. The molecule has 5 heteroatoms. The molecular formula is C27H23BrN2S2. The molecule has 1 aliphatic rings. The van der Waals surface area contributed by atoms with E-state index < -0.39 is 0 Å². The van der Waals surface area contributed by atoms with Crippen LogP contribution in [0.5, 0.6) is 0 Å². The Morgan fingerprint density at radius 3 is 2.16 bits per heavy atom. The summed E-state index contributed by atoms with van der Waals surface area (Å²) in [6.45, 7) is 4.80. The van der Waals surface area contributed by atoms with Crippen LogP contribution in [0.25, 0.3) is 27.8 Å². The zero-order valence-electron chi connectivity index (χ0n) is 17.7. The molecular weight excluding hydrogens is 496 g/mol. The van der Waals surface area contributed by atoms with Gasteiger partial charge in [0.15, 0.2) is 6.54 Å². The number of para-hydroxylation sites is 1. The van der Waals surface area contributed by atoms with Crippen LogP contribution >= 0.6 is 23.1 Å². The maximum absolute atomic E-state index is 4.04. The summed E-state index contributed by atoms with van der Waals surface area (Å²) >= 11 is 3.67. The summed E-state index contributed by atoms with van der Waals surface area (Å²) in [6, 6.07) is 29.9. The first kappa shape index (κ1) is 22.6. The van der Waals surface area contributed by atoms with E-state index in [-0.39, 0.29) is 17.0 Å². The van der Waals surface area contributed by atoms with Crippen molar-refractivity contribution in [1.82, 2.24) is 0 Å². The SMILES string of the molecule is C=CC[n+]1c(/C=C2/Sc3ccccc3N2C)sc(-c2ccccc2)c1-c1ccccc1.[Br-]. The zero-order chi connectivity index (χ0) is 21.2. The van der Waals surface area contributed by atoms with Crippen LogP contribution in [0.3, 0.4) is 0 Å². The number of thiazole rings is 1. The van der Waals surface area contributed by atoms with Crippen LogP contribution in [-0.2, 0) is 6.54 Å². The third-order valence-electron chi connectivity index (χ3n) is 5.37. The summed E-state index contributed by atoms with van der Waals surface area (Å²) in [6.07, 6.45) is 4.30. The molecule has 0 spiro atoms. The molecule has 0 bridgehead atoms. The van der Waals surface area contributed by atoms with E-state index in [2.05, 4.69) is 114 Å². The molecule has 0 N–H and O–H groups in total. The molecule has 1 aliphatic heterocycles. The van der Waals surface area contributed by atoms with Gasteiger partial charge in [-0.3, -0.25) is 0 Å². The predicted molar refractivity (Wildman–Crippen MR) is 134 cm³/mol. The fourth-order valence-corrected chi connectivity index (χ4v) is 6.28. The number of rotatable bonds is 5. The Morgan fingerprint density at radius 1 is 0.875 bits per heavy atom. The Kier molecular flexibility index (Phi) is 6.99. The minimum atomic E-state index is 0. The molecule has 1 aromatic heterocycles. The molecule has 0 radical (unpaired) electrons. The van der Waals surface area contributed by atoms with E-state index in [0.717, 1.165) is 6.54 Å². The molecule has 2 heterocycles. The number of fused-ring (bicyclic) bond motifs is 1. The Morgan fingerprint density at radius 2 is 1.50 bits per heavy atom. The second-order valence-electron chi connectivity index (χ2n) is 7.36. The molecule has 0 amide bonds. The largest absolute Gasteiger partial charge is 1.00 e. The highest BCUT2D eigenvalue weighted by molar-refractivity contribution is 8.03. The predicted octanol–water partition coefficient (Wildman–Crippen LogP) is 4.10. The van der Waals surface area contributed by atoms with Gasteiger partial charge in [-0.05, 0) is 35.9 Å². The summed E-state index contributed by atoms with van der Waals surface area (Å²) in [7, 11) is 2.15. The third-order valence-corrected chi connectivity index (χ3v) is 7.72. The lowest BCUT2D eigenvalue weighted by Gasteiger charge is -2.12. The number of hydrogen-bond donors (Lipinski definition) is 0. The smallest absolute Gasteiger partial charge is 0.265 e. The topological polar surface area (TPSA) is 7.12 Å². The van der Waals surface area contributed by atoms with Gasteiger partial charge in [0.2, 0.25) is 5.69 Å². The van der Waals surface area contributed by atoms with Crippen molar-refractivity contribution in [2.75, 3.05) is 11.9 Å². The highest BCUT2D eigenvalue weighted by atomic mass is 79.9. The van der Waals surface area contributed by atoms with Gasteiger partial charge in [-0.15, -0.1) is 0 Å². The number of allylic oxidation sites excluding steroid dienone is 1. The maximum atomic E-state index is 4.04. The number of nitrogens with zero attached hydrogens (tertiary/aromatic N) is 2. The first-order chi connectivity index (χ1) is 15.3. The Balaban J connectivity index is 0.00000245. The van der Waals surface area contributed by atoms with Gasteiger partial charge in [-0.25, -0.2) is 0 Å². The minimum Gasteiger partial charge on any atom is -1.00 e. The highest BCUT2D eigenvalue weighted by Gasteiger charge is 2.29. The molecule has 5 rings (SSSR count). The molecule has 4 aromatic rings. The molecule has 0 fully saturated rings. The average molecular weight is 520 g/mol. The van der Waals surface area contributed by atoms with E-state index in [4.69, 9.17) is 0 Å². The maximum Gasteiger partial charge on any atom is 0.265 e. The van der Waals surface area contributed by atoms with E-state index in [1.54, 1.807) is 0 Å². The first-order valence-electron chi connectivity index (χ1n) is 10.3. The van der Waals surface area contributed by atoms with Crippen LogP contribution in [0.2, 0.25) is 0 Å². The fraction of sp³-hybridized carbons (Fsp3) is 0.0741. The first-order valence-corrected chi connectivity index (χ1v) is 11.9. The number of thioether (sulfide) groups is 1. The van der Waals surface area contributed by atoms with Crippen LogP contribution < -0.4 is 26.4 Å². The van der Waals surface area contributed by atoms with Gasteiger partial charge >= 0.3 is 0 Å². The molecule has 0 aliphatic carbocycles. The normalized spacial score (nSPS) is 13.7. The van der Waals surface area contributed by atoms with Gasteiger partial charge in [0, 0.05) is 17.5 Å². The van der Waals surface area contributed by atoms with Gasteiger partial charge in [0.1, 0.15) is 4.88 Å². The van der Waals surface area contributed by atoms with Crippen molar-refractivity contribution in [3.8, 4) is 21.7 Å². The Labute approximate surface area is 208 Å². The van der Waals surface area contributed by atoms with Crippen molar-refractivity contribution in [2.45, 2.75) is 11.4 Å². The summed E-state index contributed by atoms with van der Waals surface area (Å²) in [4.78, 5) is 4.86. The number of hydrogen-bond acceptors (Lipinski definition) is 3. The molecule has 0 saturated heterocycles. The summed E-state index contributed by atoms with van der Waals surface area (Å²) in [5, 5.41) is 2.46. The quantitative estimate of drug-likeness (QED) is 0.290. The number of halogens is 1. The molecule has 32 heavy (non-hydrogen) atoms. The van der Waals surface area contributed by atoms with Gasteiger partial charge in [-0.2, -0.15) is 4.57 Å². The van der Waals surface area contributed by atoms with Crippen molar-refractivity contribution >= 4 is 34.9 Å². The van der Waals surface area contributed by atoms with Crippen LogP contribution in [0, 0.1) is 0 Å². The monoisotopic (exact) mass is 518 g/mol.